The molecule has 30 heavy (non-hydrogen) atoms. The maximum atomic E-state index is 12.2. The van der Waals surface area contributed by atoms with Gasteiger partial charge in [-0.15, -0.1) is 0 Å². The monoisotopic (exact) mass is 417 g/mol. The molecule has 7 nitrogen and oxygen atoms in total. The predicted molar refractivity (Wildman–Crippen MR) is 117 cm³/mol. The summed E-state index contributed by atoms with van der Waals surface area (Å²) in [6.45, 7) is 5.98. The molecule has 2 rings (SSSR count). The van der Waals surface area contributed by atoms with E-state index in [0.717, 1.165) is 18.4 Å². The van der Waals surface area contributed by atoms with Gasteiger partial charge in [0.05, 0.1) is 0 Å². The number of benzene rings is 1. The fourth-order valence-electron chi connectivity index (χ4n) is 3.50. The van der Waals surface area contributed by atoms with Crippen LogP contribution in [0, 0.1) is 5.92 Å². The Morgan fingerprint density at radius 2 is 1.77 bits per heavy atom. The summed E-state index contributed by atoms with van der Waals surface area (Å²) < 4.78 is 5.13. The molecule has 1 fully saturated rings. The third kappa shape index (κ3) is 9.76. The molecule has 0 spiro atoms. The largest absolute Gasteiger partial charge is 0.444 e. The molecule has 1 aliphatic rings. The summed E-state index contributed by atoms with van der Waals surface area (Å²) in [5, 5.41) is 8.36. The van der Waals surface area contributed by atoms with Crippen LogP contribution in [-0.4, -0.2) is 30.1 Å². The molecule has 0 saturated heterocycles. The van der Waals surface area contributed by atoms with Crippen molar-refractivity contribution in [3.05, 3.63) is 29.8 Å². The fraction of sp³-hybridized carbons (Fsp3) is 0.609. The van der Waals surface area contributed by atoms with E-state index in [4.69, 9.17) is 4.74 Å². The molecule has 1 aromatic rings. The van der Waals surface area contributed by atoms with Crippen LogP contribution in [0.15, 0.2) is 24.3 Å². The number of rotatable bonds is 8. The Morgan fingerprint density at radius 1 is 1.03 bits per heavy atom. The second kappa shape index (κ2) is 11.6. The first-order chi connectivity index (χ1) is 14.2. The number of nitrogens with one attached hydrogen (secondary N) is 3. The van der Waals surface area contributed by atoms with Crippen LogP contribution >= 0.6 is 0 Å². The van der Waals surface area contributed by atoms with E-state index in [1.165, 1.54) is 19.3 Å². The zero-order valence-corrected chi connectivity index (χ0v) is 18.4. The molecule has 0 unspecified atom stereocenters. The van der Waals surface area contributed by atoms with E-state index < -0.39 is 11.7 Å². The van der Waals surface area contributed by atoms with Crippen molar-refractivity contribution in [1.82, 2.24) is 10.6 Å². The van der Waals surface area contributed by atoms with Crippen LogP contribution in [0.5, 0.6) is 0 Å². The summed E-state index contributed by atoms with van der Waals surface area (Å²) in [7, 11) is 0. The molecular formula is C23H35N3O4. The summed E-state index contributed by atoms with van der Waals surface area (Å²) in [5.41, 5.74) is 1.02. The number of hydrogen-bond donors (Lipinski definition) is 3. The molecule has 0 atom stereocenters. The number of amides is 3. The van der Waals surface area contributed by atoms with Crippen LogP contribution in [0.25, 0.3) is 0 Å². The zero-order chi connectivity index (χ0) is 22.0. The van der Waals surface area contributed by atoms with Crippen molar-refractivity contribution in [2.75, 3.05) is 11.9 Å². The van der Waals surface area contributed by atoms with Gasteiger partial charge in [0.1, 0.15) is 5.60 Å². The van der Waals surface area contributed by atoms with Gasteiger partial charge in [0.2, 0.25) is 11.8 Å². The van der Waals surface area contributed by atoms with Gasteiger partial charge in [-0.05, 0) is 57.2 Å². The topological polar surface area (TPSA) is 96.5 Å². The third-order valence-corrected chi connectivity index (χ3v) is 4.92. The minimum absolute atomic E-state index is 0.0876. The average molecular weight is 418 g/mol. The van der Waals surface area contributed by atoms with Crippen molar-refractivity contribution >= 4 is 23.6 Å². The van der Waals surface area contributed by atoms with Gasteiger partial charge in [-0.1, -0.05) is 31.4 Å². The Hall–Kier alpha value is -2.57. The van der Waals surface area contributed by atoms with E-state index in [9.17, 15) is 14.4 Å². The number of alkyl carbamates (subject to hydrolysis) is 1. The molecule has 3 N–H and O–H groups in total. The Labute approximate surface area is 179 Å². The fourth-order valence-corrected chi connectivity index (χ4v) is 3.50. The first-order valence-electron chi connectivity index (χ1n) is 10.8. The number of carbonyl (C=O) groups excluding carboxylic acids is 3. The van der Waals surface area contributed by atoms with Crippen LogP contribution in [-0.2, 0) is 20.9 Å². The lowest BCUT2D eigenvalue weighted by Gasteiger charge is -2.20. The van der Waals surface area contributed by atoms with Gasteiger partial charge in [-0.3, -0.25) is 9.59 Å². The summed E-state index contributed by atoms with van der Waals surface area (Å²) in [4.78, 5) is 35.9. The number of ether oxygens (including phenoxy) is 1. The van der Waals surface area contributed by atoms with Crippen molar-refractivity contribution in [2.24, 2.45) is 5.92 Å². The van der Waals surface area contributed by atoms with Gasteiger partial charge < -0.3 is 20.7 Å². The van der Waals surface area contributed by atoms with Crippen LogP contribution in [0.2, 0.25) is 0 Å². The van der Waals surface area contributed by atoms with Gasteiger partial charge in [0, 0.05) is 31.6 Å². The minimum Gasteiger partial charge on any atom is -0.444 e. The molecule has 1 aliphatic carbocycles. The third-order valence-electron chi connectivity index (χ3n) is 4.92. The normalized spacial score (nSPS) is 14.6. The first-order valence-corrected chi connectivity index (χ1v) is 10.8. The number of hydrogen-bond acceptors (Lipinski definition) is 4. The van der Waals surface area contributed by atoms with E-state index >= 15 is 0 Å². The van der Waals surface area contributed by atoms with Crippen molar-refractivity contribution in [3.63, 3.8) is 0 Å². The second-order valence-corrected chi connectivity index (χ2v) is 8.91. The highest BCUT2D eigenvalue weighted by atomic mass is 16.6. The summed E-state index contributed by atoms with van der Waals surface area (Å²) in [6.07, 6.45) is 6.24. The van der Waals surface area contributed by atoms with E-state index in [0.29, 0.717) is 24.6 Å². The van der Waals surface area contributed by atoms with Crippen LogP contribution in [0.1, 0.15) is 71.3 Å². The van der Waals surface area contributed by atoms with Crippen molar-refractivity contribution in [2.45, 2.75) is 77.9 Å². The molecule has 1 aromatic carbocycles. The van der Waals surface area contributed by atoms with Gasteiger partial charge in [-0.25, -0.2) is 4.79 Å². The van der Waals surface area contributed by atoms with Gasteiger partial charge >= 0.3 is 6.09 Å². The lowest BCUT2D eigenvalue weighted by atomic mass is 9.87. The van der Waals surface area contributed by atoms with Gasteiger partial charge in [0.15, 0.2) is 0 Å². The van der Waals surface area contributed by atoms with Crippen molar-refractivity contribution < 1.29 is 19.1 Å². The Kier molecular flexibility index (Phi) is 9.15. The lowest BCUT2D eigenvalue weighted by Crippen LogP contribution is -2.34. The molecule has 7 heteroatoms. The molecule has 0 aromatic heterocycles. The molecule has 0 radical (unpaired) electrons. The van der Waals surface area contributed by atoms with E-state index in [1.807, 2.05) is 18.2 Å². The Balaban J connectivity index is 1.70. The highest BCUT2D eigenvalue weighted by Gasteiger charge is 2.17. The Bertz CT molecular complexity index is 721. The molecule has 1 saturated carbocycles. The smallest absolute Gasteiger partial charge is 0.407 e. The number of anilines is 1. The molecule has 0 aliphatic heterocycles. The molecule has 166 valence electrons. The standard InChI is InChI=1S/C23H35N3O4/c1-23(2,3)30-22(29)24-13-12-20(27)26-19-11-7-10-18(14-19)16-25-21(28)15-17-8-5-4-6-9-17/h7,10-11,14,17H,4-6,8-9,12-13,15-16H2,1-3H3,(H,24,29)(H,25,28)(H,26,27). The minimum atomic E-state index is -0.571. The van der Waals surface area contributed by atoms with Gasteiger partial charge in [0.25, 0.3) is 0 Å². The predicted octanol–water partition coefficient (Wildman–Crippen LogP) is 4.13. The first kappa shape index (κ1) is 23.7. The van der Waals surface area contributed by atoms with Crippen LogP contribution in [0.3, 0.4) is 0 Å². The molecule has 3 amide bonds. The molecule has 0 heterocycles. The highest BCUT2D eigenvalue weighted by Crippen LogP contribution is 2.26. The summed E-state index contributed by atoms with van der Waals surface area (Å²) in [6, 6.07) is 7.41. The summed E-state index contributed by atoms with van der Waals surface area (Å²) in [5.74, 6) is 0.396. The summed E-state index contributed by atoms with van der Waals surface area (Å²) >= 11 is 0. The second-order valence-electron chi connectivity index (χ2n) is 8.91. The maximum absolute atomic E-state index is 12.2. The maximum Gasteiger partial charge on any atom is 0.407 e. The van der Waals surface area contributed by atoms with Crippen molar-refractivity contribution in [3.8, 4) is 0 Å². The highest BCUT2D eigenvalue weighted by molar-refractivity contribution is 5.91. The van der Waals surface area contributed by atoms with Crippen LogP contribution < -0.4 is 16.0 Å². The zero-order valence-electron chi connectivity index (χ0n) is 18.4. The van der Waals surface area contributed by atoms with E-state index in [-0.39, 0.29) is 24.8 Å². The average Bonchev–Trinajstić information content (AvgIpc) is 2.66. The molecular weight excluding hydrogens is 382 g/mol. The number of carbonyl (C=O) groups is 3. The van der Waals surface area contributed by atoms with Crippen molar-refractivity contribution in [1.29, 1.82) is 0 Å². The Morgan fingerprint density at radius 3 is 2.47 bits per heavy atom. The quantitative estimate of drug-likeness (QED) is 0.593. The SMILES string of the molecule is CC(C)(C)OC(=O)NCCC(=O)Nc1cccc(CNC(=O)CC2CCCCC2)c1. The van der Waals surface area contributed by atoms with Gasteiger partial charge in [-0.2, -0.15) is 0 Å². The lowest BCUT2D eigenvalue weighted by molar-refractivity contribution is -0.122. The van der Waals surface area contributed by atoms with Crippen LogP contribution in [0.4, 0.5) is 10.5 Å². The molecule has 0 bridgehead atoms. The van der Waals surface area contributed by atoms with E-state index in [2.05, 4.69) is 16.0 Å². The van der Waals surface area contributed by atoms with E-state index in [1.54, 1.807) is 26.8 Å².